The van der Waals surface area contributed by atoms with Crippen LogP contribution in [-0.4, -0.2) is 37.6 Å². The van der Waals surface area contributed by atoms with Crippen LogP contribution in [0, 0.1) is 6.92 Å². The monoisotopic (exact) mass is 256 g/mol. The number of nitrogens with two attached hydrogens (primary N) is 1. The minimum atomic E-state index is 0.250. The Bertz CT molecular complexity index is 366. The van der Waals surface area contributed by atoms with Crippen LogP contribution in [0.2, 0.25) is 5.15 Å². The molecule has 2 rings (SSSR count). The molecule has 2 heterocycles. The van der Waals surface area contributed by atoms with Crippen molar-refractivity contribution in [2.75, 3.05) is 31.1 Å². The van der Waals surface area contributed by atoms with Crippen molar-refractivity contribution in [3.8, 4) is 0 Å². The summed E-state index contributed by atoms with van der Waals surface area (Å²) in [4.78, 5) is 15.1. The fourth-order valence-electron chi connectivity index (χ4n) is 1.66. The van der Waals surface area contributed by atoms with Crippen LogP contribution in [0.1, 0.15) is 5.69 Å². The third kappa shape index (κ3) is 4.20. The Balaban J connectivity index is 0.000000437. The number of aryl methyl sites for hydroxylation is 1. The molecule has 1 fully saturated rings. The zero-order valence-electron chi connectivity index (χ0n) is 9.82. The number of hydrogen-bond donors (Lipinski definition) is 2. The predicted molar refractivity (Wildman–Crippen MR) is 69.3 cm³/mol. The van der Waals surface area contributed by atoms with Crippen molar-refractivity contribution in [1.82, 2.24) is 10.3 Å². The lowest BCUT2D eigenvalue weighted by molar-refractivity contribution is -0.106. The summed E-state index contributed by atoms with van der Waals surface area (Å²) in [5.41, 5.74) is 6.19. The van der Waals surface area contributed by atoms with E-state index in [1.807, 2.05) is 13.0 Å². The average Bonchev–Trinajstić information content (AvgIpc) is 2.31. The van der Waals surface area contributed by atoms with Crippen LogP contribution < -0.4 is 16.0 Å². The van der Waals surface area contributed by atoms with Crippen molar-refractivity contribution in [1.29, 1.82) is 0 Å². The van der Waals surface area contributed by atoms with E-state index in [0.29, 0.717) is 5.15 Å². The van der Waals surface area contributed by atoms with Gasteiger partial charge in [0, 0.05) is 31.9 Å². The highest BCUT2D eigenvalue weighted by Crippen LogP contribution is 2.23. The van der Waals surface area contributed by atoms with Crippen LogP contribution >= 0.6 is 11.6 Å². The van der Waals surface area contributed by atoms with Gasteiger partial charge in [-0.1, -0.05) is 11.6 Å². The minimum Gasteiger partial charge on any atom is -0.372 e. The van der Waals surface area contributed by atoms with Gasteiger partial charge in [0.2, 0.25) is 6.41 Å². The molecule has 6 heteroatoms. The Morgan fingerprint density at radius 1 is 1.47 bits per heavy atom. The van der Waals surface area contributed by atoms with E-state index in [2.05, 4.69) is 27.0 Å². The number of carbonyl (C=O) groups excluding carboxylic acids is 1. The van der Waals surface area contributed by atoms with Crippen molar-refractivity contribution < 1.29 is 4.79 Å². The van der Waals surface area contributed by atoms with E-state index >= 15 is 0 Å². The molecular formula is C11H17ClN4O. The number of primary amides is 1. The number of hydrogen-bond acceptors (Lipinski definition) is 4. The molecular weight excluding hydrogens is 240 g/mol. The number of carbonyl (C=O) groups is 1. The third-order valence-electron chi connectivity index (χ3n) is 2.43. The predicted octanol–water partition coefficient (Wildman–Crippen LogP) is 0.555. The molecule has 0 radical (unpaired) electrons. The molecule has 0 unspecified atom stereocenters. The number of nitrogens with zero attached hydrogens (tertiary/aromatic N) is 2. The van der Waals surface area contributed by atoms with Gasteiger partial charge in [-0.2, -0.15) is 0 Å². The first kappa shape index (κ1) is 13.7. The number of aromatic nitrogens is 1. The van der Waals surface area contributed by atoms with Crippen molar-refractivity contribution in [3.63, 3.8) is 0 Å². The Kier molecular flexibility index (Phi) is 5.72. The summed E-state index contributed by atoms with van der Waals surface area (Å²) in [5.74, 6) is 0. The maximum atomic E-state index is 8.58. The van der Waals surface area contributed by atoms with E-state index in [4.69, 9.17) is 16.4 Å². The highest BCUT2D eigenvalue weighted by Gasteiger charge is 2.13. The first-order chi connectivity index (χ1) is 8.19. The molecule has 17 heavy (non-hydrogen) atoms. The highest BCUT2D eigenvalue weighted by molar-refractivity contribution is 6.32. The van der Waals surface area contributed by atoms with Crippen molar-refractivity contribution >= 4 is 23.7 Å². The number of halogens is 1. The molecule has 5 nitrogen and oxygen atoms in total. The average molecular weight is 257 g/mol. The second-order valence-electron chi connectivity index (χ2n) is 3.64. The first-order valence-corrected chi connectivity index (χ1v) is 5.81. The molecule has 94 valence electrons. The SMILES string of the molecule is Cc1ccc(N2CCNCC2)c(Cl)n1.NC=O. The summed E-state index contributed by atoms with van der Waals surface area (Å²) in [5, 5.41) is 3.93. The smallest absolute Gasteiger partial charge is 0.204 e. The standard InChI is InChI=1S/C10H14ClN3.CH3NO/c1-8-2-3-9(10(11)13-8)14-6-4-12-5-7-14;2-1-3/h2-3,12H,4-7H2,1H3;1H,(H2,2,3). The van der Waals surface area contributed by atoms with Gasteiger partial charge in [0.15, 0.2) is 5.15 Å². The molecule has 1 amide bonds. The Morgan fingerprint density at radius 3 is 2.59 bits per heavy atom. The number of pyridine rings is 1. The van der Waals surface area contributed by atoms with E-state index in [0.717, 1.165) is 37.6 Å². The number of rotatable bonds is 1. The van der Waals surface area contributed by atoms with Gasteiger partial charge < -0.3 is 16.0 Å². The van der Waals surface area contributed by atoms with E-state index in [1.165, 1.54) is 0 Å². The largest absolute Gasteiger partial charge is 0.372 e. The summed E-state index contributed by atoms with van der Waals surface area (Å²) in [6.45, 7) is 6.00. The van der Waals surface area contributed by atoms with Crippen LogP contribution in [0.5, 0.6) is 0 Å². The summed E-state index contributed by atoms with van der Waals surface area (Å²) in [6, 6.07) is 4.05. The van der Waals surface area contributed by atoms with Crippen molar-refractivity contribution in [2.24, 2.45) is 5.73 Å². The van der Waals surface area contributed by atoms with Gasteiger partial charge >= 0.3 is 0 Å². The lowest BCUT2D eigenvalue weighted by atomic mass is 10.3. The first-order valence-electron chi connectivity index (χ1n) is 5.43. The summed E-state index contributed by atoms with van der Waals surface area (Å²) >= 11 is 6.09. The second kappa shape index (κ2) is 7.09. The molecule has 0 saturated carbocycles. The molecule has 0 atom stereocenters. The van der Waals surface area contributed by atoms with Gasteiger partial charge in [0.05, 0.1) is 5.69 Å². The summed E-state index contributed by atoms with van der Waals surface area (Å²) in [6.07, 6.45) is 0.250. The molecule has 0 bridgehead atoms. The minimum absolute atomic E-state index is 0.250. The molecule has 1 aromatic heterocycles. The van der Waals surface area contributed by atoms with Gasteiger partial charge in [-0.25, -0.2) is 4.98 Å². The summed E-state index contributed by atoms with van der Waals surface area (Å²) in [7, 11) is 0. The van der Waals surface area contributed by atoms with E-state index in [1.54, 1.807) is 0 Å². The normalized spacial score (nSPS) is 14.8. The molecule has 0 aromatic carbocycles. The quantitative estimate of drug-likeness (QED) is 0.569. The van der Waals surface area contributed by atoms with Gasteiger partial charge in [-0.05, 0) is 19.1 Å². The molecule has 0 aliphatic carbocycles. The van der Waals surface area contributed by atoms with Gasteiger partial charge in [-0.15, -0.1) is 0 Å². The van der Waals surface area contributed by atoms with Crippen molar-refractivity contribution in [2.45, 2.75) is 6.92 Å². The zero-order valence-corrected chi connectivity index (χ0v) is 10.6. The molecule has 3 N–H and O–H groups in total. The number of anilines is 1. The lowest BCUT2D eigenvalue weighted by Gasteiger charge is -2.29. The second-order valence-corrected chi connectivity index (χ2v) is 3.99. The Labute approximate surface area is 106 Å². The highest BCUT2D eigenvalue weighted by atomic mass is 35.5. The number of nitrogens with one attached hydrogen (secondary N) is 1. The van der Waals surface area contributed by atoms with E-state index in [-0.39, 0.29) is 6.41 Å². The topological polar surface area (TPSA) is 71.2 Å². The molecule has 1 saturated heterocycles. The zero-order chi connectivity index (χ0) is 12.7. The van der Waals surface area contributed by atoms with Crippen LogP contribution in [-0.2, 0) is 4.79 Å². The van der Waals surface area contributed by atoms with Gasteiger partial charge in [0.25, 0.3) is 0 Å². The van der Waals surface area contributed by atoms with Crippen LogP contribution in [0.15, 0.2) is 12.1 Å². The summed E-state index contributed by atoms with van der Waals surface area (Å²) < 4.78 is 0. The van der Waals surface area contributed by atoms with Crippen molar-refractivity contribution in [3.05, 3.63) is 23.0 Å². The molecule has 0 spiro atoms. The van der Waals surface area contributed by atoms with Crippen LogP contribution in [0.25, 0.3) is 0 Å². The fourth-order valence-corrected chi connectivity index (χ4v) is 1.98. The van der Waals surface area contributed by atoms with Gasteiger partial charge in [-0.3, -0.25) is 4.79 Å². The third-order valence-corrected chi connectivity index (χ3v) is 2.70. The Morgan fingerprint density at radius 2 is 2.06 bits per heavy atom. The maximum absolute atomic E-state index is 8.58. The maximum Gasteiger partial charge on any atom is 0.204 e. The van der Waals surface area contributed by atoms with E-state index < -0.39 is 0 Å². The lowest BCUT2D eigenvalue weighted by Crippen LogP contribution is -2.43. The van der Waals surface area contributed by atoms with E-state index in [9.17, 15) is 0 Å². The van der Waals surface area contributed by atoms with Crippen LogP contribution in [0.3, 0.4) is 0 Å². The van der Waals surface area contributed by atoms with Crippen LogP contribution in [0.4, 0.5) is 5.69 Å². The fraction of sp³-hybridized carbons (Fsp3) is 0.455. The number of amides is 1. The molecule has 1 aliphatic rings. The number of piperazine rings is 1. The van der Waals surface area contributed by atoms with Gasteiger partial charge in [0.1, 0.15) is 0 Å². The molecule has 1 aliphatic heterocycles. The molecule has 1 aromatic rings. The Hall–Kier alpha value is -1.33.